The van der Waals surface area contributed by atoms with Gasteiger partial charge in [-0.15, -0.1) is 15.3 Å². The van der Waals surface area contributed by atoms with E-state index in [1.54, 1.807) is 11.6 Å². The van der Waals surface area contributed by atoms with Crippen molar-refractivity contribution in [2.24, 2.45) is 0 Å². The molecule has 6 heteroatoms. The van der Waals surface area contributed by atoms with Gasteiger partial charge in [0, 0.05) is 13.2 Å². The molecular formula is C12H17N5O. The Morgan fingerprint density at radius 3 is 3.00 bits per heavy atom. The Morgan fingerprint density at radius 2 is 2.22 bits per heavy atom. The number of aryl methyl sites for hydroxylation is 1. The first-order valence-electron chi connectivity index (χ1n) is 6.24. The quantitative estimate of drug-likeness (QED) is 0.888. The average Bonchev–Trinajstić information content (AvgIpc) is 2.97. The Bertz CT molecular complexity index is 552. The lowest BCUT2D eigenvalue weighted by atomic mass is 10.2. The van der Waals surface area contributed by atoms with E-state index in [0.29, 0.717) is 12.1 Å². The van der Waals surface area contributed by atoms with E-state index in [0.717, 1.165) is 36.6 Å². The monoisotopic (exact) mass is 247 g/mol. The second-order valence-corrected chi connectivity index (χ2v) is 4.75. The summed E-state index contributed by atoms with van der Waals surface area (Å²) in [6, 6.07) is 4.32. The minimum absolute atomic E-state index is 0.378. The third-order valence-electron chi connectivity index (χ3n) is 3.49. The molecule has 1 saturated carbocycles. The van der Waals surface area contributed by atoms with Crippen LogP contribution in [-0.2, 0) is 4.74 Å². The van der Waals surface area contributed by atoms with Crippen LogP contribution in [0.3, 0.4) is 0 Å². The predicted octanol–water partition coefficient (Wildman–Crippen LogP) is 1.41. The van der Waals surface area contributed by atoms with Gasteiger partial charge in [-0.3, -0.25) is 0 Å². The van der Waals surface area contributed by atoms with Gasteiger partial charge >= 0.3 is 0 Å². The number of nitrogens with one attached hydrogen (secondary N) is 1. The predicted molar refractivity (Wildman–Crippen MR) is 67.6 cm³/mol. The number of hydrogen-bond acceptors (Lipinski definition) is 5. The maximum Gasteiger partial charge on any atom is 0.178 e. The van der Waals surface area contributed by atoms with Crippen LogP contribution in [0.4, 0.5) is 5.82 Å². The molecule has 18 heavy (non-hydrogen) atoms. The summed E-state index contributed by atoms with van der Waals surface area (Å²) in [6.07, 6.45) is 3.65. The third-order valence-corrected chi connectivity index (χ3v) is 3.49. The fourth-order valence-electron chi connectivity index (χ4n) is 2.47. The van der Waals surface area contributed by atoms with Crippen molar-refractivity contribution in [1.82, 2.24) is 19.8 Å². The van der Waals surface area contributed by atoms with Gasteiger partial charge < -0.3 is 10.1 Å². The molecule has 1 aliphatic carbocycles. The first kappa shape index (κ1) is 11.4. The Labute approximate surface area is 105 Å². The summed E-state index contributed by atoms with van der Waals surface area (Å²) in [4.78, 5) is 0. The average molecular weight is 247 g/mol. The molecule has 96 valence electrons. The Morgan fingerprint density at radius 1 is 1.33 bits per heavy atom. The van der Waals surface area contributed by atoms with Gasteiger partial charge in [0.15, 0.2) is 11.5 Å². The number of fused-ring (bicyclic) bond motifs is 1. The number of methoxy groups -OCH3 is 1. The van der Waals surface area contributed by atoms with Gasteiger partial charge in [0.05, 0.1) is 6.10 Å². The van der Waals surface area contributed by atoms with Crippen molar-refractivity contribution in [3.63, 3.8) is 0 Å². The number of nitrogens with zero attached hydrogens (tertiary/aromatic N) is 4. The van der Waals surface area contributed by atoms with Crippen LogP contribution in [0.2, 0.25) is 0 Å². The summed E-state index contributed by atoms with van der Waals surface area (Å²) >= 11 is 0. The zero-order chi connectivity index (χ0) is 12.5. The minimum Gasteiger partial charge on any atom is -0.381 e. The zero-order valence-corrected chi connectivity index (χ0v) is 10.6. The molecule has 0 radical (unpaired) electrons. The third kappa shape index (κ3) is 2.03. The first-order chi connectivity index (χ1) is 8.76. The molecule has 3 rings (SSSR count). The Balaban J connectivity index is 1.76. The number of ether oxygens (including phenoxy) is 1. The second-order valence-electron chi connectivity index (χ2n) is 4.75. The number of aromatic nitrogens is 4. The van der Waals surface area contributed by atoms with Crippen LogP contribution >= 0.6 is 0 Å². The van der Waals surface area contributed by atoms with Gasteiger partial charge in [0.1, 0.15) is 5.82 Å². The summed E-state index contributed by atoms with van der Waals surface area (Å²) in [7, 11) is 1.78. The van der Waals surface area contributed by atoms with E-state index >= 15 is 0 Å². The molecule has 0 aromatic carbocycles. The summed E-state index contributed by atoms with van der Waals surface area (Å²) in [6.45, 7) is 1.90. The summed E-state index contributed by atoms with van der Waals surface area (Å²) in [5, 5.41) is 16.0. The molecule has 2 atom stereocenters. The van der Waals surface area contributed by atoms with E-state index in [4.69, 9.17) is 4.74 Å². The van der Waals surface area contributed by atoms with Crippen LogP contribution in [-0.4, -0.2) is 39.1 Å². The lowest BCUT2D eigenvalue weighted by molar-refractivity contribution is 0.108. The van der Waals surface area contributed by atoms with Crippen molar-refractivity contribution in [3.05, 3.63) is 18.0 Å². The Hall–Kier alpha value is -1.69. The highest BCUT2D eigenvalue weighted by atomic mass is 16.5. The van der Waals surface area contributed by atoms with E-state index < -0.39 is 0 Å². The molecule has 2 aromatic rings. The summed E-state index contributed by atoms with van der Waals surface area (Å²) in [5.74, 6) is 1.67. The normalized spacial score (nSPS) is 23.7. The van der Waals surface area contributed by atoms with Gasteiger partial charge in [0.2, 0.25) is 0 Å². The van der Waals surface area contributed by atoms with E-state index in [-0.39, 0.29) is 0 Å². The highest BCUT2D eigenvalue weighted by molar-refractivity contribution is 5.44. The van der Waals surface area contributed by atoms with Gasteiger partial charge in [-0.2, -0.15) is 4.52 Å². The minimum atomic E-state index is 0.378. The van der Waals surface area contributed by atoms with E-state index in [1.807, 2.05) is 19.1 Å². The number of anilines is 1. The lowest BCUT2D eigenvalue weighted by Gasteiger charge is -2.13. The summed E-state index contributed by atoms with van der Waals surface area (Å²) < 4.78 is 7.13. The maximum atomic E-state index is 5.37. The lowest BCUT2D eigenvalue weighted by Crippen LogP contribution is -2.18. The van der Waals surface area contributed by atoms with Crippen LogP contribution in [0.1, 0.15) is 25.1 Å². The molecule has 1 fully saturated rings. The van der Waals surface area contributed by atoms with Gasteiger partial charge in [-0.1, -0.05) is 0 Å². The van der Waals surface area contributed by atoms with Crippen molar-refractivity contribution < 1.29 is 4.74 Å². The molecule has 0 bridgehead atoms. The Kier molecular flexibility index (Phi) is 2.87. The topological polar surface area (TPSA) is 64.3 Å². The fraction of sp³-hybridized carbons (Fsp3) is 0.583. The smallest absolute Gasteiger partial charge is 0.178 e. The largest absolute Gasteiger partial charge is 0.381 e. The van der Waals surface area contributed by atoms with Gasteiger partial charge in [0.25, 0.3) is 0 Å². The van der Waals surface area contributed by atoms with Gasteiger partial charge in [-0.05, 0) is 38.3 Å². The number of rotatable bonds is 3. The van der Waals surface area contributed by atoms with Crippen molar-refractivity contribution in [3.8, 4) is 0 Å². The highest BCUT2D eigenvalue weighted by Gasteiger charge is 2.24. The van der Waals surface area contributed by atoms with Crippen molar-refractivity contribution in [2.45, 2.75) is 38.3 Å². The molecule has 1 aliphatic rings. The van der Waals surface area contributed by atoms with E-state index in [2.05, 4.69) is 20.6 Å². The van der Waals surface area contributed by atoms with Crippen LogP contribution in [0.5, 0.6) is 0 Å². The standard InChI is InChI=1S/C12H17N5O/c1-8-14-15-12-6-5-11(16-17(8)12)13-9-3-4-10(7-9)18-2/h5-6,9-10H,3-4,7H2,1-2H3,(H,13,16). The maximum absolute atomic E-state index is 5.37. The molecule has 0 saturated heterocycles. The molecular weight excluding hydrogens is 230 g/mol. The molecule has 2 aromatic heterocycles. The summed E-state index contributed by atoms with van der Waals surface area (Å²) in [5.41, 5.74) is 0.777. The molecule has 6 nitrogen and oxygen atoms in total. The molecule has 0 aliphatic heterocycles. The first-order valence-corrected chi connectivity index (χ1v) is 6.24. The molecule has 0 amide bonds. The molecule has 2 heterocycles. The van der Waals surface area contributed by atoms with Crippen molar-refractivity contribution >= 4 is 11.5 Å². The highest BCUT2D eigenvalue weighted by Crippen LogP contribution is 2.24. The number of hydrogen-bond donors (Lipinski definition) is 1. The zero-order valence-electron chi connectivity index (χ0n) is 10.6. The van der Waals surface area contributed by atoms with Crippen molar-refractivity contribution in [2.75, 3.05) is 12.4 Å². The van der Waals surface area contributed by atoms with Crippen LogP contribution in [0.25, 0.3) is 5.65 Å². The SMILES string of the molecule is COC1CCC(Nc2ccc3nnc(C)n3n2)C1. The van der Waals surface area contributed by atoms with Crippen LogP contribution in [0, 0.1) is 6.92 Å². The molecule has 2 unspecified atom stereocenters. The van der Waals surface area contributed by atoms with Gasteiger partial charge in [-0.25, -0.2) is 0 Å². The van der Waals surface area contributed by atoms with Crippen LogP contribution in [0.15, 0.2) is 12.1 Å². The van der Waals surface area contributed by atoms with Crippen LogP contribution < -0.4 is 5.32 Å². The molecule has 1 N–H and O–H groups in total. The molecule has 0 spiro atoms. The van der Waals surface area contributed by atoms with Crippen molar-refractivity contribution in [1.29, 1.82) is 0 Å². The van der Waals surface area contributed by atoms with E-state index in [9.17, 15) is 0 Å². The second kappa shape index (κ2) is 4.53. The van der Waals surface area contributed by atoms with E-state index in [1.165, 1.54) is 0 Å². The fourth-order valence-corrected chi connectivity index (χ4v) is 2.47.